The van der Waals surface area contributed by atoms with Crippen molar-refractivity contribution in [3.05, 3.63) is 69.7 Å². The van der Waals surface area contributed by atoms with Crippen molar-refractivity contribution in [2.75, 3.05) is 6.61 Å². The van der Waals surface area contributed by atoms with Gasteiger partial charge in [0, 0.05) is 16.7 Å². The van der Waals surface area contributed by atoms with Crippen LogP contribution in [0.25, 0.3) is 6.08 Å². The van der Waals surface area contributed by atoms with Gasteiger partial charge >= 0.3 is 5.97 Å². The maximum absolute atomic E-state index is 11.3. The fourth-order valence-electron chi connectivity index (χ4n) is 1.86. The predicted octanol–water partition coefficient (Wildman–Crippen LogP) is 5.15. The number of halogens is 2. The predicted molar refractivity (Wildman–Crippen MR) is 92.9 cm³/mol. The Labute approximate surface area is 145 Å². The molecule has 0 heterocycles. The van der Waals surface area contributed by atoms with Crippen molar-refractivity contribution in [1.29, 1.82) is 0 Å². The largest absolute Gasteiger partial charge is 0.487 e. The van der Waals surface area contributed by atoms with Crippen molar-refractivity contribution in [3.8, 4) is 5.75 Å². The first-order valence-electron chi connectivity index (χ1n) is 7.10. The number of hydrogen-bond acceptors (Lipinski definition) is 3. The lowest BCUT2D eigenvalue weighted by molar-refractivity contribution is -0.137. The third-order valence-electron chi connectivity index (χ3n) is 3.00. The third-order valence-corrected chi connectivity index (χ3v) is 3.66. The average molecular weight is 351 g/mol. The van der Waals surface area contributed by atoms with Crippen LogP contribution in [0.3, 0.4) is 0 Å². The van der Waals surface area contributed by atoms with Crippen molar-refractivity contribution >= 4 is 35.2 Å². The highest BCUT2D eigenvalue weighted by Gasteiger charge is 2.05. The first kappa shape index (κ1) is 17.4. The maximum Gasteiger partial charge on any atom is 0.330 e. The molecule has 2 rings (SSSR count). The number of ether oxygens (including phenoxy) is 2. The van der Waals surface area contributed by atoms with E-state index in [2.05, 4.69) is 0 Å². The summed E-state index contributed by atoms with van der Waals surface area (Å²) in [6, 6.07) is 12.8. The topological polar surface area (TPSA) is 35.5 Å². The first-order valence-corrected chi connectivity index (χ1v) is 7.86. The van der Waals surface area contributed by atoms with Crippen LogP contribution in [-0.4, -0.2) is 12.6 Å². The summed E-state index contributed by atoms with van der Waals surface area (Å²) in [6.45, 7) is 2.43. The van der Waals surface area contributed by atoms with Gasteiger partial charge in [0.1, 0.15) is 12.4 Å². The van der Waals surface area contributed by atoms with E-state index in [-0.39, 0.29) is 5.97 Å². The van der Waals surface area contributed by atoms with Crippen LogP contribution in [0.5, 0.6) is 5.75 Å². The molecular formula is C18H16Cl2O3. The van der Waals surface area contributed by atoms with Gasteiger partial charge < -0.3 is 9.47 Å². The molecule has 0 aliphatic carbocycles. The molecule has 3 nitrogen and oxygen atoms in total. The van der Waals surface area contributed by atoms with Crippen molar-refractivity contribution in [2.24, 2.45) is 0 Å². The molecule has 0 aromatic heterocycles. The summed E-state index contributed by atoms with van der Waals surface area (Å²) in [5.41, 5.74) is 1.67. The molecule has 23 heavy (non-hydrogen) atoms. The van der Waals surface area contributed by atoms with Crippen molar-refractivity contribution in [1.82, 2.24) is 0 Å². The third kappa shape index (κ3) is 5.31. The minimum absolute atomic E-state index is 0.331. The van der Waals surface area contributed by atoms with Crippen LogP contribution in [0, 0.1) is 0 Å². The highest BCUT2D eigenvalue weighted by molar-refractivity contribution is 6.32. The summed E-state index contributed by atoms with van der Waals surface area (Å²) in [5.74, 6) is 0.169. The lowest BCUT2D eigenvalue weighted by Crippen LogP contribution is -1.98. The van der Waals surface area contributed by atoms with Crippen LogP contribution >= 0.6 is 23.2 Å². The summed E-state index contributed by atoms with van der Waals surface area (Å²) in [5, 5.41) is 1.11. The second-order valence-electron chi connectivity index (χ2n) is 4.66. The first-order chi connectivity index (χ1) is 11.1. The number of esters is 1. The zero-order valence-electron chi connectivity index (χ0n) is 12.6. The highest BCUT2D eigenvalue weighted by Crippen LogP contribution is 2.27. The van der Waals surface area contributed by atoms with E-state index in [1.54, 1.807) is 25.1 Å². The van der Waals surface area contributed by atoms with E-state index in [1.165, 1.54) is 6.08 Å². The molecule has 0 saturated heterocycles. The van der Waals surface area contributed by atoms with Crippen molar-refractivity contribution in [3.63, 3.8) is 0 Å². The number of carbonyl (C=O) groups is 1. The molecule has 0 saturated carbocycles. The lowest BCUT2D eigenvalue weighted by Gasteiger charge is -2.09. The van der Waals surface area contributed by atoms with Crippen LogP contribution in [0.1, 0.15) is 18.1 Å². The van der Waals surface area contributed by atoms with Crippen LogP contribution in [-0.2, 0) is 16.1 Å². The minimum Gasteiger partial charge on any atom is -0.487 e. The zero-order chi connectivity index (χ0) is 16.7. The Balaban J connectivity index is 2.02. The van der Waals surface area contributed by atoms with E-state index in [1.807, 2.05) is 30.3 Å². The maximum atomic E-state index is 11.3. The van der Waals surface area contributed by atoms with Crippen LogP contribution in [0.2, 0.25) is 10.0 Å². The summed E-state index contributed by atoms with van der Waals surface area (Å²) < 4.78 is 10.5. The molecule has 2 aromatic rings. The SMILES string of the molecule is CCOC(=O)/C=C/c1ccc(OCc2ccccc2Cl)c(Cl)c1. The van der Waals surface area contributed by atoms with Crippen LogP contribution in [0.15, 0.2) is 48.5 Å². The van der Waals surface area contributed by atoms with Gasteiger partial charge in [-0.1, -0.05) is 47.5 Å². The van der Waals surface area contributed by atoms with E-state index in [0.29, 0.717) is 29.0 Å². The van der Waals surface area contributed by atoms with E-state index >= 15 is 0 Å². The molecule has 2 aromatic carbocycles. The Morgan fingerprint density at radius 2 is 1.91 bits per heavy atom. The lowest BCUT2D eigenvalue weighted by atomic mass is 10.2. The molecule has 0 fully saturated rings. The van der Waals surface area contributed by atoms with Crippen LogP contribution in [0.4, 0.5) is 0 Å². The fraction of sp³-hybridized carbons (Fsp3) is 0.167. The Morgan fingerprint density at radius 3 is 2.61 bits per heavy atom. The van der Waals surface area contributed by atoms with E-state index in [0.717, 1.165) is 11.1 Å². The molecule has 0 spiro atoms. The summed E-state index contributed by atoms with van der Waals surface area (Å²) in [7, 11) is 0. The minimum atomic E-state index is -0.386. The van der Waals surface area contributed by atoms with Gasteiger partial charge in [0.05, 0.1) is 11.6 Å². The molecule has 5 heteroatoms. The van der Waals surface area contributed by atoms with E-state index in [9.17, 15) is 4.79 Å². The monoisotopic (exact) mass is 350 g/mol. The Kier molecular flexibility index (Phi) is 6.51. The van der Waals surface area contributed by atoms with Gasteiger partial charge in [-0.3, -0.25) is 0 Å². The molecule has 120 valence electrons. The second kappa shape index (κ2) is 8.61. The Bertz CT molecular complexity index is 711. The highest BCUT2D eigenvalue weighted by atomic mass is 35.5. The quantitative estimate of drug-likeness (QED) is 0.533. The Hall–Kier alpha value is -1.97. The van der Waals surface area contributed by atoms with Gasteiger partial charge in [-0.25, -0.2) is 4.79 Å². The van der Waals surface area contributed by atoms with Crippen LogP contribution < -0.4 is 4.74 Å². The molecule has 0 N–H and O–H groups in total. The number of rotatable bonds is 6. The van der Waals surface area contributed by atoms with E-state index in [4.69, 9.17) is 32.7 Å². The van der Waals surface area contributed by atoms with Crippen molar-refractivity contribution in [2.45, 2.75) is 13.5 Å². The summed E-state index contributed by atoms with van der Waals surface area (Å²) in [4.78, 5) is 11.3. The number of carbonyl (C=O) groups excluding carboxylic acids is 1. The summed E-state index contributed by atoms with van der Waals surface area (Å²) >= 11 is 12.3. The van der Waals surface area contributed by atoms with Gasteiger partial charge in [0.15, 0.2) is 0 Å². The molecule has 0 bridgehead atoms. The van der Waals surface area contributed by atoms with Gasteiger partial charge in [-0.15, -0.1) is 0 Å². The van der Waals surface area contributed by atoms with Gasteiger partial charge in [0.25, 0.3) is 0 Å². The van der Waals surface area contributed by atoms with Gasteiger partial charge in [-0.2, -0.15) is 0 Å². The molecule has 0 aliphatic rings. The molecule has 0 aliphatic heterocycles. The molecular weight excluding hydrogens is 335 g/mol. The fourth-order valence-corrected chi connectivity index (χ4v) is 2.30. The van der Waals surface area contributed by atoms with Crippen molar-refractivity contribution < 1.29 is 14.3 Å². The normalized spacial score (nSPS) is 10.7. The number of benzene rings is 2. The second-order valence-corrected chi connectivity index (χ2v) is 5.47. The van der Waals surface area contributed by atoms with Gasteiger partial charge in [0.2, 0.25) is 0 Å². The Morgan fingerprint density at radius 1 is 1.13 bits per heavy atom. The molecule has 0 radical (unpaired) electrons. The molecule has 0 atom stereocenters. The molecule has 0 unspecified atom stereocenters. The summed E-state index contributed by atoms with van der Waals surface area (Å²) in [6.07, 6.45) is 3.00. The zero-order valence-corrected chi connectivity index (χ0v) is 14.1. The average Bonchev–Trinajstić information content (AvgIpc) is 2.54. The van der Waals surface area contributed by atoms with Gasteiger partial charge in [-0.05, 0) is 36.8 Å². The smallest absolute Gasteiger partial charge is 0.330 e. The number of hydrogen-bond donors (Lipinski definition) is 0. The van der Waals surface area contributed by atoms with E-state index < -0.39 is 0 Å². The molecule has 0 amide bonds. The standard InChI is InChI=1S/C18H16Cl2O3/c1-2-22-18(21)10-8-13-7-9-17(16(20)11-13)23-12-14-5-3-4-6-15(14)19/h3-11H,2,12H2,1H3/b10-8+.